The third kappa shape index (κ3) is 3.09. The van der Waals surface area contributed by atoms with E-state index in [1.807, 2.05) is 19.1 Å². The number of rotatable bonds is 4. The lowest BCUT2D eigenvalue weighted by atomic mass is 10.0. The molecule has 0 spiro atoms. The van der Waals surface area contributed by atoms with Crippen LogP contribution < -0.4 is 5.32 Å². The van der Waals surface area contributed by atoms with Crippen LogP contribution >= 0.6 is 0 Å². The van der Waals surface area contributed by atoms with Crippen LogP contribution in [0.2, 0.25) is 0 Å². The van der Waals surface area contributed by atoms with Gasteiger partial charge in [0.15, 0.2) is 0 Å². The van der Waals surface area contributed by atoms with E-state index in [0.29, 0.717) is 6.04 Å². The lowest BCUT2D eigenvalue weighted by molar-refractivity contribution is 0.180. The van der Waals surface area contributed by atoms with Crippen molar-refractivity contribution >= 4 is 0 Å². The number of likely N-dealkylation sites (tertiary alicyclic amines) is 1. The minimum absolute atomic E-state index is 0.699. The quantitative estimate of drug-likeness (QED) is 0.846. The van der Waals surface area contributed by atoms with Gasteiger partial charge in [0.25, 0.3) is 0 Å². The summed E-state index contributed by atoms with van der Waals surface area (Å²) in [5.41, 5.74) is 0. The third-order valence-corrected chi connectivity index (χ3v) is 3.40. The van der Waals surface area contributed by atoms with Crippen LogP contribution in [0.4, 0.5) is 0 Å². The van der Waals surface area contributed by atoms with Gasteiger partial charge < -0.3 is 14.6 Å². The van der Waals surface area contributed by atoms with Gasteiger partial charge in [0.05, 0.1) is 6.54 Å². The average molecular weight is 222 g/mol. The van der Waals surface area contributed by atoms with Gasteiger partial charge in [-0.25, -0.2) is 0 Å². The summed E-state index contributed by atoms with van der Waals surface area (Å²) >= 11 is 0. The highest BCUT2D eigenvalue weighted by atomic mass is 16.3. The Morgan fingerprint density at radius 2 is 2.31 bits per heavy atom. The zero-order valence-electron chi connectivity index (χ0n) is 10.3. The largest absolute Gasteiger partial charge is 0.465 e. The molecule has 0 saturated carbocycles. The number of hydrogen-bond acceptors (Lipinski definition) is 3. The second kappa shape index (κ2) is 5.51. The standard InChI is InChI=1S/C13H22N2O/c1-11-6-7-13(16-11)10-14-9-12-5-3-4-8-15(12)2/h6-7,12,14H,3-5,8-10H2,1-2H3. The summed E-state index contributed by atoms with van der Waals surface area (Å²) < 4.78 is 5.52. The van der Waals surface area contributed by atoms with Crippen LogP contribution in [0.5, 0.6) is 0 Å². The van der Waals surface area contributed by atoms with E-state index in [-0.39, 0.29) is 0 Å². The van der Waals surface area contributed by atoms with Crippen LogP contribution in [0.1, 0.15) is 30.8 Å². The third-order valence-electron chi connectivity index (χ3n) is 3.40. The van der Waals surface area contributed by atoms with Gasteiger partial charge in [-0.2, -0.15) is 0 Å². The minimum atomic E-state index is 0.699. The topological polar surface area (TPSA) is 28.4 Å². The molecule has 3 heteroatoms. The van der Waals surface area contributed by atoms with Gasteiger partial charge in [-0.05, 0) is 45.5 Å². The van der Waals surface area contributed by atoms with Crippen LogP contribution in [0.25, 0.3) is 0 Å². The van der Waals surface area contributed by atoms with Gasteiger partial charge in [-0.15, -0.1) is 0 Å². The molecule has 2 heterocycles. The fraction of sp³-hybridized carbons (Fsp3) is 0.692. The zero-order valence-corrected chi connectivity index (χ0v) is 10.3. The van der Waals surface area contributed by atoms with Crippen LogP contribution in [-0.2, 0) is 6.54 Å². The molecule has 90 valence electrons. The van der Waals surface area contributed by atoms with Gasteiger partial charge in [0.1, 0.15) is 11.5 Å². The monoisotopic (exact) mass is 222 g/mol. The highest BCUT2D eigenvalue weighted by molar-refractivity contribution is 5.05. The maximum Gasteiger partial charge on any atom is 0.117 e. The Labute approximate surface area is 97.8 Å². The number of hydrogen-bond donors (Lipinski definition) is 1. The molecule has 1 aliphatic rings. The fourth-order valence-corrected chi connectivity index (χ4v) is 2.34. The van der Waals surface area contributed by atoms with Crippen LogP contribution in [0, 0.1) is 6.92 Å². The smallest absolute Gasteiger partial charge is 0.117 e. The fourth-order valence-electron chi connectivity index (χ4n) is 2.34. The van der Waals surface area contributed by atoms with E-state index in [4.69, 9.17) is 4.42 Å². The molecular formula is C13H22N2O. The van der Waals surface area contributed by atoms with E-state index in [9.17, 15) is 0 Å². The Morgan fingerprint density at radius 3 is 3.00 bits per heavy atom. The maximum absolute atomic E-state index is 5.52. The van der Waals surface area contributed by atoms with Crippen LogP contribution in [0.3, 0.4) is 0 Å². The minimum Gasteiger partial charge on any atom is -0.465 e. The SMILES string of the molecule is Cc1ccc(CNCC2CCCCN2C)o1. The second-order valence-electron chi connectivity index (χ2n) is 4.77. The Morgan fingerprint density at radius 1 is 1.44 bits per heavy atom. The lowest BCUT2D eigenvalue weighted by Crippen LogP contribution is -2.42. The normalized spacial score (nSPS) is 22.5. The molecule has 2 rings (SSSR count). The first kappa shape index (κ1) is 11.7. The molecule has 3 nitrogen and oxygen atoms in total. The van der Waals surface area contributed by atoms with E-state index >= 15 is 0 Å². The van der Waals surface area contributed by atoms with Crippen molar-refractivity contribution < 1.29 is 4.42 Å². The number of likely N-dealkylation sites (N-methyl/N-ethyl adjacent to an activating group) is 1. The highest BCUT2D eigenvalue weighted by Gasteiger charge is 2.17. The van der Waals surface area contributed by atoms with E-state index < -0.39 is 0 Å². The summed E-state index contributed by atoms with van der Waals surface area (Å²) in [5.74, 6) is 2.03. The van der Waals surface area contributed by atoms with Crippen molar-refractivity contribution in [3.05, 3.63) is 23.7 Å². The van der Waals surface area contributed by atoms with Crippen molar-refractivity contribution in [1.82, 2.24) is 10.2 Å². The number of piperidine rings is 1. The number of aryl methyl sites for hydroxylation is 1. The van der Waals surface area contributed by atoms with Crippen molar-refractivity contribution in [3.63, 3.8) is 0 Å². The summed E-state index contributed by atoms with van der Waals surface area (Å²) in [6.45, 7) is 5.14. The Balaban J connectivity index is 1.71. The van der Waals surface area contributed by atoms with Crippen molar-refractivity contribution in [3.8, 4) is 0 Å². The van der Waals surface area contributed by atoms with Crippen molar-refractivity contribution in [2.24, 2.45) is 0 Å². The first-order chi connectivity index (χ1) is 7.75. The number of nitrogens with zero attached hydrogens (tertiary/aromatic N) is 1. The van der Waals surface area contributed by atoms with Crippen LogP contribution in [-0.4, -0.2) is 31.1 Å². The lowest BCUT2D eigenvalue weighted by Gasteiger charge is -2.32. The van der Waals surface area contributed by atoms with Crippen molar-refractivity contribution in [1.29, 1.82) is 0 Å². The van der Waals surface area contributed by atoms with Crippen molar-refractivity contribution in [2.45, 2.75) is 38.8 Å². The number of nitrogens with one attached hydrogen (secondary N) is 1. The molecule has 1 aromatic rings. The molecule has 1 saturated heterocycles. The predicted octanol–water partition coefficient (Wildman–Crippen LogP) is 2.16. The Bertz CT molecular complexity index is 321. The molecule has 0 radical (unpaired) electrons. The summed E-state index contributed by atoms with van der Waals surface area (Å²) in [4.78, 5) is 2.46. The van der Waals surface area contributed by atoms with Gasteiger partial charge in [0, 0.05) is 12.6 Å². The maximum atomic E-state index is 5.52. The molecule has 1 unspecified atom stereocenters. The molecule has 0 amide bonds. The first-order valence-corrected chi connectivity index (χ1v) is 6.22. The van der Waals surface area contributed by atoms with Gasteiger partial charge in [-0.3, -0.25) is 0 Å². The Hall–Kier alpha value is -0.800. The van der Waals surface area contributed by atoms with E-state index in [2.05, 4.69) is 17.3 Å². The summed E-state index contributed by atoms with van der Waals surface area (Å²) in [5, 5.41) is 3.48. The molecule has 1 atom stereocenters. The molecule has 1 N–H and O–H groups in total. The summed E-state index contributed by atoms with van der Waals surface area (Å²) in [7, 11) is 2.22. The predicted molar refractivity (Wildman–Crippen MR) is 65.4 cm³/mol. The summed E-state index contributed by atoms with van der Waals surface area (Å²) in [6, 6.07) is 4.77. The molecule has 1 fully saturated rings. The molecule has 0 bridgehead atoms. The highest BCUT2D eigenvalue weighted by Crippen LogP contribution is 2.14. The second-order valence-corrected chi connectivity index (χ2v) is 4.77. The van der Waals surface area contributed by atoms with E-state index in [1.54, 1.807) is 0 Å². The Kier molecular flexibility index (Phi) is 4.02. The molecular weight excluding hydrogens is 200 g/mol. The van der Waals surface area contributed by atoms with Crippen LogP contribution in [0.15, 0.2) is 16.5 Å². The molecule has 1 aromatic heterocycles. The molecule has 0 aliphatic carbocycles. The van der Waals surface area contributed by atoms with Crippen molar-refractivity contribution in [2.75, 3.05) is 20.1 Å². The van der Waals surface area contributed by atoms with Gasteiger partial charge in [-0.1, -0.05) is 6.42 Å². The summed E-state index contributed by atoms with van der Waals surface area (Å²) in [6.07, 6.45) is 4.04. The van der Waals surface area contributed by atoms with E-state index in [0.717, 1.165) is 24.6 Å². The number of furan rings is 1. The molecule has 1 aliphatic heterocycles. The molecule has 16 heavy (non-hydrogen) atoms. The van der Waals surface area contributed by atoms with Gasteiger partial charge >= 0.3 is 0 Å². The molecule has 0 aromatic carbocycles. The average Bonchev–Trinajstić information content (AvgIpc) is 2.67. The van der Waals surface area contributed by atoms with E-state index in [1.165, 1.54) is 25.8 Å². The van der Waals surface area contributed by atoms with Gasteiger partial charge in [0.2, 0.25) is 0 Å². The zero-order chi connectivity index (χ0) is 11.4. The first-order valence-electron chi connectivity index (χ1n) is 6.22.